The summed E-state index contributed by atoms with van der Waals surface area (Å²) in [5.41, 5.74) is -0.328. The number of nitrogens with zero attached hydrogens (tertiary/aromatic N) is 1. The molecule has 0 spiro atoms. The number of alkyl halides is 3. The van der Waals surface area contributed by atoms with Crippen molar-refractivity contribution in [3.63, 3.8) is 0 Å². The molecule has 1 heterocycles. The zero-order valence-corrected chi connectivity index (χ0v) is 10.6. The van der Waals surface area contributed by atoms with Crippen molar-refractivity contribution in [2.24, 2.45) is 0 Å². The summed E-state index contributed by atoms with van der Waals surface area (Å²) in [4.78, 5) is 14.5. The zero-order valence-electron chi connectivity index (χ0n) is 10.6. The molecule has 0 unspecified atom stereocenters. The Labute approximate surface area is 118 Å². The molecule has 2 rings (SSSR count). The molecule has 6 heteroatoms. The predicted octanol–water partition coefficient (Wildman–Crippen LogP) is 3.87. The van der Waals surface area contributed by atoms with Crippen molar-refractivity contribution < 1.29 is 23.1 Å². The van der Waals surface area contributed by atoms with Crippen molar-refractivity contribution in [3.05, 3.63) is 59.9 Å². The van der Waals surface area contributed by atoms with E-state index in [0.717, 1.165) is 12.1 Å². The number of aromatic nitrogens is 1. The Morgan fingerprint density at radius 1 is 1.19 bits per heavy atom. The fraction of sp³-hybridized carbons (Fsp3) is 0.0667. The van der Waals surface area contributed by atoms with Crippen LogP contribution in [-0.4, -0.2) is 16.1 Å². The summed E-state index contributed by atoms with van der Waals surface area (Å²) in [6.07, 6.45) is -0.00814. The molecule has 1 N–H and O–H groups in total. The van der Waals surface area contributed by atoms with Crippen LogP contribution in [0.25, 0.3) is 17.2 Å². The summed E-state index contributed by atoms with van der Waals surface area (Å²) in [6, 6.07) is 6.90. The van der Waals surface area contributed by atoms with E-state index in [0.29, 0.717) is 11.6 Å². The smallest absolute Gasteiger partial charge is 0.417 e. The highest BCUT2D eigenvalue weighted by Gasteiger charge is 2.33. The quantitative estimate of drug-likeness (QED) is 0.874. The van der Waals surface area contributed by atoms with Crippen molar-refractivity contribution in [1.82, 2.24) is 4.98 Å². The molecular weight excluding hydrogens is 283 g/mol. The van der Waals surface area contributed by atoms with Crippen molar-refractivity contribution in [3.8, 4) is 11.1 Å². The lowest BCUT2D eigenvalue weighted by atomic mass is 9.95. The van der Waals surface area contributed by atoms with E-state index in [1.54, 1.807) is 12.1 Å². The summed E-state index contributed by atoms with van der Waals surface area (Å²) in [5, 5.41) is 8.65. The minimum Gasteiger partial charge on any atom is -0.478 e. The monoisotopic (exact) mass is 293 g/mol. The van der Waals surface area contributed by atoms with Crippen LogP contribution in [0.3, 0.4) is 0 Å². The van der Waals surface area contributed by atoms with E-state index in [2.05, 4.69) is 4.98 Å². The molecule has 0 saturated heterocycles. The Kier molecular flexibility index (Phi) is 4.07. The van der Waals surface area contributed by atoms with Crippen LogP contribution < -0.4 is 0 Å². The first kappa shape index (κ1) is 14.8. The van der Waals surface area contributed by atoms with Gasteiger partial charge in [0, 0.05) is 24.0 Å². The van der Waals surface area contributed by atoms with E-state index in [4.69, 9.17) is 5.11 Å². The van der Waals surface area contributed by atoms with Gasteiger partial charge < -0.3 is 5.11 Å². The van der Waals surface area contributed by atoms with Crippen LogP contribution in [0.2, 0.25) is 0 Å². The maximum Gasteiger partial charge on any atom is 0.417 e. The zero-order chi connectivity index (χ0) is 15.5. The van der Waals surface area contributed by atoms with Gasteiger partial charge in [-0.15, -0.1) is 0 Å². The maximum absolute atomic E-state index is 13.1. The van der Waals surface area contributed by atoms with Crippen LogP contribution in [0.4, 0.5) is 13.2 Å². The Balaban J connectivity index is 2.68. The first-order chi connectivity index (χ1) is 9.89. The topological polar surface area (TPSA) is 50.2 Å². The Bertz CT molecular complexity index is 679. The molecule has 0 saturated carbocycles. The van der Waals surface area contributed by atoms with Gasteiger partial charge >= 0.3 is 12.1 Å². The minimum absolute atomic E-state index is 0.194. The Morgan fingerprint density at radius 3 is 2.52 bits per heavy atom. The Morgan fingerprint density at radius 2 is 1.95 bits per heavy atom. The lowest BCUT2D eigenvalue weighted by Gasteiger charge is -2.14. The predicted molar refractivity (Wildman–Crippen MR) is 71.3 cm³/mol. The molecule has 0 atom stereocenters. The van der Waals surface area contributed by atoms with Crippen LogP contribution >= 0.6 is 0 Å². The van der Waals surface area contributed by atoms with Crippen LogP contribution in [0.15, 0.2) is 48.8 Å². The number of rotatable bonds is 3. The van der Waals surface area contributed by atoms with Gasteiger partial charge in [-0.25, -0.2) is 4.79 Å². The second-order valence-electron chi connectivity index (χ2n) is 4.18. The number of halogens is 3. The van der Waals surface area contributed by atoms with Crippen molar-refractivity contribution in [2.45, 2.75) is 6.18 Å². The third-order valence-electron chi connectivity index (χ3n) is 2.78. The molecular formula is C15H10F3NO2. The van der Waals surface area contributed by atoms with Crippen LogP contribution in [0, 0.1) is 0 Å². The summed E-state index contributed by atoms with van der Waals surface area (Å²) in [5.74, 6) is -1.32. The number of pyridine rings is 1. The molecule has 0 bridgehead atoms. The number of hydrogen-bond acceptors (Lipinski definition) is 2. The highest BCUT2D eigenvalue weighted by Crippen LogP contribution is 2.37. The van der Waals surface area contributed by atoms with E-state index < -0.39 is 17.7 Å². The second-order valence-corrected chi connectivity index (χ2v) is 4.18. The highest BCUT2D eigenvalue weighted by molar-refractivity contribution is 5.88. The van der Waals surface area contributed by atoms with Gasteiger partial charge in [-0.1, -0.05) is 18.2 Å². The van der Waals surface area contributed by atoms with E-state index in [-0.39, 0.29) is 11.1 Å². The van der Waals surface area contributed by atoms with Gasteiger partial charge in [0.15, 0.2) is 0 Å². The first-order valence-electron chi connectivity index (χ1n) is 5.91. The van der Waals surface area contributed by atoms with Gasteiger partial charge in [0.25, 0.3) is 0 Å². The number of carbonyl (C=O) groups is 1. The molecule has 1 aromatic carbocycles. The average molecular weight is 293 g/mol. The third-order valence-corrected chi connectivity index (χ3v) is 2.78. The largest absolute Gasteiger partial charge is 0.478 e. The number of carboxylic acids is 1. The molecule has 0 aliphatic heterocycles. The van der Waals surface area contributed by atoms with E-state index in [1.807, 2.05) is 0 Å². The van der Waals surface area contributed by atoms with Crippen molar-refractivity contribution in [1.29, 1.82) is 0 Å². The fourth-order valence-corrected chi connectivity index (χ4v) is 1.92. The van der Waals surface area contributed by atoms with Gasteiger partial charge in [-0.2, -0.15) is 13.2 Å². The Hall–Kier alpha value is -2.63. The third kappa shape index (κ3) is 3.47. The van der Waals surface area contributed by atoms with Crippen molar-refractivity contribution >= 4 is 12.0 Å². The highest BCUT2D eigenvalue weighted by atomic mass is 19.4. The molecule has 0 aliphatic carbocycles. The first-order valence-corrected chi connectivity index (χ1v) is 5.91. The summed E-state index contributed by atoms with van der Waals surface area (Å²) in [6.45, 7) is 0. The lowest BCUT2D eigenvalue weighted by molar-refractivity contribution is -0.137. The van der Waals surface area contributed by atoms with Gasteiger partial charge in [-0.3, -0.25) is 4.98 Å². The molecule has 2 aromatic rings. The van der Waals surface area contributed by atoms with E-state index in [1.165, 1.54) is 24.5 Å². The number of aliphatic carboxylic acids is 1. The maximum atomic E-state index is 13.1. The molecule has 0 amide bonds. The number of benzene rings is 1. The van der Waals surface area contributed by atoms with Crippen LogP contribution in [-0.2, 0) is 11.0 Å². The molecule has 3 nitrogen and oxygen atoms in total. The normalized spacial score (nSPS) is 11.8. The molecule has 21 heavy (non-hydrogen) atoms. The SMILES string of the molecule is O=C(O)/C=C/c1c(-c2cccnc2)cccc1C(F)(F)F. The molecule has 0 radical (unpaired) electrons. The van der Waals surface area contributed by atoms with Gasteiger partial charge in [0.05, 0.1) is 5.56 Å². The van der Waals surface area contributed by atoms with E-state index in [9.17, 15) is 18.0 Å². The molecule has 0 fully saturated rings. The van der Waals surface area contributed by atoms with Crippen LogP contribution in [0.1, 0.15) is 11.1 Å². The minimum atomic E-state index is -4.57. The number of carboxylic acid groups (broad SMARTS) is 1. The molecule has 0 aliphatic rings. The summed E-state index contributed by atoms with van der Waals surface area (Å²) < 4.78 is 39.2. The summed E-state index contributed by atoms with van der Waals surface area (Å²) >= 11 is 0. The second kappa shape index (κ2) is 5.78. The summed E-state index contributed by atoms with van der Waals surface area (Å²) in [7, 11) is 0. The molecule has 1 aromatic heterocycles. The van der Waals surface area contributed by atoms with Gasteiger partial charge in [0.1, 0.15) is 0 Å². The number of hydrogen-bond donors (Lipinski definition) is 1. The fourth-order valence-electron chi connectivity index (χ4n) is 1.92. The standard InChI is InChI=1S/C15H10F3NO2/c16-15(17,18)13-5-1-4-11(10-3-2-8-19-9-10)12(13)6-7-14(20)21/h1-9H,(H,20,21)/b7-6+. The van der Waals surface area contributed by atoms with E-state index >= 15 is 0 Å². The lowest BCUT2D eigenvalue weighted by Crippen LogP contribution is -2.08. The molecule has 108 valence electrons. The van der Waals surface area contributed by atoms with Crippen LogP contribution in [0.5, 0.6) is 0 Å². The van der Waals surface area contributed by atoms with Crippen molar-refractivity contribution in [2.75, 3.05) is 0 Å². The van der Waals surface area contributed by atoms with Gasteiger partial charge in [0.2, 0.25) is 0 Å². The van der Waals surface area contributed by atoms with Gasteiger partial charge in [-0.05, 0) is 29.3 Å². The average Bonchev–Trinajstić information content (AvgIpc) is 2.44.